The number of carbonyl (C=O) groups is 1. The molecule has 0 radical (unpaired) electrons. The monoisotopic (exact) mass is 318 g/mol. The molecule has 0 aliphatic heterocycles. The third kappa shape index (κ3) is 3.98. The first-order valence-electron chi connectivity index (χ1n) is 7.69. The second-order valence-electron chi connectivity index (χ2n) is 5.38. The van der Waals surface area contributed by atoms with Crippen LogP contribution in [-0.2, 0) is 13.7 Å². The van der Waals surface area contributed by atoms with Gasteiger partial charge in [0.05, 0.1) is 0 Å². The molecule has 4 heteroatoms. The number of hydrogen-bond acceptors (Lipinski definition) is 3. The molecule has 1 heterocycles. The number of hydrogen-bond donors (Lipinski definition) is 0. The Labute approximate surface area is 141 Å². The second kappa shape index (κ2) is 7.42. The van der Waals surface area contributed by atoms with E-state index in [2.05, 4.69) is 5.10 Å². The molecule has 0 amide bonds. The number of ketones is 1. The van der Waals surface area contributed by atoms with Crippen molar-refractivity contribution in [3.63, 3.8) is 0 Å². The lowest BCUT2D eigenvalue weighted by Gasteiger charge is -2.06. The van der Waals surface area contributed by atoms with Gasteiger partial charge >= 0.3 is 0 Å². The molecule has 0 atom stereocenters. The van der Waals surface area contributed by atoms with Crippen LogP contribution in [0.3, 0.4) is 0 Å². The summed E-state index contributed by atoms with van der Waals surface area (Å²) in [5, 5.41) is 4.00. The number of rotatable bonds is 6. The van der Waals surface area contributed by atoms with E-state index >= 15 is 0 Å². The highest BCUT2D eigenvalue weighted by molar-refractivity contribution is 6.05. The molecule has 0 spiro atoms. The maximum Gasteiger partial charge on any atom is 0.203 e. The van der Waals surface area contributed by atoms with Crippen molar-refractivity contribution in [2.45, 2.75) is 6.61 Å². The van der Waals surface area contributed by atoms with E-state index in [-0.39, 0.29) is 5.78 Å². The molecule has 0 N–H and O–H groups in total. The van der Waals surface area contributed by atoms with E-state index in [0.29, 0.717) is 12.3 Å². The van der Waals surface area contributed by atoms with E-state index < -0.39 is 0 Å². The minimum atomic E-state index is -0.0700. The first-order chi connectivity index (χ1) is 11.7. The molecule has 0 fully saturated rings. The normalized spacial score (nSPS) is 10.9. The van der Waals surface area contributed by atoms with Gasteiger partial charge in [0.25, 0.3) is 0 Å². The smallest absolute Gasteiger partial charge is 0.203 e. The van der Waals surface area contributed by atoms with Gasteiger partial charge in [-0.25, -0.2) is 0 Å². The molecule has 4 nitrogen and oxygen atoms in total. The van der Waals surface area contributed by atoms with Crippen molar-refractivity contribution in [2.75, 3.05) is 0 Å². The molecule has 0 saturated carbocycles. The van der Waals surface area contributed by atoms with Crippen LogP contribution in [0.5, 0.6) is 5.75 Å². The summed E-state index contributed by atoms with van der Waals surface area (Å²) in [5.74, 6) is 0.730. The summed E-state index contributed by atoms with van der Waals surface area (Å²) in [6.45, 7) is 0.537. The van der Waals surface area contributed by atoms with E-state index in [0.717, 1.165) is 16.9 Å². The average Bonchev–Trinajstić information content (AvgIpc) is 3.06. The molecule has 1 aromatic heterocycles. The highest BCUT2D eigenvalue weighted by Gasteiger charge is 2.05. The Morgan fingerprint density at radius 3 is 2.50 bits per heavy atom. The van der Waals surface area contributed by atoms with E-state index in [1.165, 1.54) is 0 Å². The zero-order valence-electron chi connectivity index (χ0n) is 13.4. The van der Waals surface area contributed by atoms with Crippen LogP contribution in [-0.4, -0.2) is 15.6 Å². The van der Waals surface area contributed by atoms with Gasteiger partial charge in [0.1, 0.15) is 18.1 Å². The predicted octanol–water partition coefficient (Wildman–Crippen LogP) is 3.90. The number of carbonyl (C=O) groups excluding carboxylic acids is 1. The zero-order chi connectivity index (χ0) is 16.8. The largest absolute Gasteiger partial charge is 0.489 e. The minimum absolute atomic E-state index is 0.0700. The van der Waals surface area contributed by atoms with Crippen LogP contribution in [0.4, 0.5) is 0 Å². The van der Waals surface area contributed by atoms with Crippen molar-refractivity contribution in [2.24, 2.45) is 7.05 Å². The molecule has 3 rings (SSSR count). The van der Waals surface area contributed by atoms with Gasteiger partial charge in [-0.15, -0.1) is 0 Å². The van der Waals surface area contributed by atoms with Crippen LogP contribution >= 0.6 is 0 Å². The summed E-state index contributed by atoms with van der Waals surface area (Å²) in [7, 11) is 1.75. The van der Waals surface area contributed by atoms with Gasteiger partial charge in [-0.05, 0) is 35.4 Å². The van der Waals surface area contributed by atoms with Crippen molar-refractivity contribution in [1.82, 2.24) is 9.78 Å². The fraction of sp³-hybridized carbons (Fsp3) is 0.100. The Morgan fingerprint density at radius 2 is 1.83 bits per heavy atom. The number of ether oxygens (including phenoxy) is 1. The van der Waals surface area contributed by atoms with E-state index in [1.54, 1.807) is 36.1 Å². The van der Waals surface area contributed by atoms with E-state index in [4.69, 9.17) is 4.74 Å². The van der Waals surface area contributed by atoms with Crippen molar-refractivity contribution in [1.29, 1.82) is 0 Å². The summed E-state index contributed by atoms with van der Waals surface area (Å²) in [6, 6.07) is 19.4. The van der Waals surface area contributed by atoms with Gasteiger partial charge in [-0.2, -0.15) is 5.10 Å². The third-order valence-corrected chi connectivity index (χ3v) is 3.63. The first-order valence-corrected chi connectivity index (χ1v) is 7.69. The first kappa shape index (κ1) is 15.7. The lowest BCUT2D eigenvalue weighted by Crippen LogP contribution is -2.03. The number of allylic oxidation sites excluding steroid dienone is 1. The van der Waals surface area contributed by atoms with Gasteiger partial charge in [-0.1, -0.05) is 48.5 Å². The average molecular weight is 318 g/mol. The summed E-state index contributed by atoms with van der Waals surface area (Å²) >= 11 is 0. The maximum absolute atomic E-state index is 12.1. The molecular weight excluding hydrogens is 300 g/mol. The Balaban J connectivity index is 1.59. The second-order valence-corrected chi connectivity index (χ2v) is 5.38. The summed E-state index contributed by atoms with van der Waals surface area (Å²) in [5.41, 5.74) is 2.63. The highest BCUT2D eigenvalue weighted by atomic mass is 16.5. The van der Waals surface area contributed by atoms with Crippen LogP contribution in [0.1, 0.15) is 21.6 Å². The quantitative estimate of drug-likeness (QED) is 0.511. The molecule has 0 unspecified atom stereocenters. The van der Waals surface area contributed by atoms with Crippen LogP contribution in [0.15, 0.2) is 72.9 Å². The van der Waals surface area contributed by atoms with Crippen molar-refractivity contribution in [3.8, 4) is 5.75 Å². The summed E-state index contributed by atoms with van der Waals surface area (Å²) in [4.78, 5) is 12.1. The highest BCUT2D eigenvalue weighted by Crippen LogP contribution is 2.15. The molecule has 0 bridgehead atoms. The molecular formula is C20H18N2O2. The topological polar surface area (TPSA) is 44.1 Å². The summed E-state index contributed by atoms with van der Waals surface area (Å²) in [6.07, 6.45) is 4.95. The van der Waals surface area contributed by atoms with E-state index in [1.807, 2.05) is 54.6 Å². The standard InChI is InChI=1S/C20H18N2O2/c1-22-19(13-14-21-22)20(23)12-9-16-7-10-18(11-8-16)24-15-17-5-3-2-4-6-17/h2-14H,15H2,1H3/b12-9+. The Hall–Kier alpha value is -3.14. The Morgan fingerprint density at radius 1 is 1.08 bits per heavy atom. The number of benzene rings is 2. The lowest BCUT2D eigenvalue weighted by atomic mass is 10.1. The van der Waals surface area contributed by atoms with Crippen molar-refractivity contribution >= 4 is 11.9 Å². The van der Waals surface area contributed by atoms with Gasteiger partial charge in [0.2, 0.25) is 5.78 Å². The zero-order valence-corrected chi connectivity index (χ0v) is 13.4. The van der Waals surface area contributed by atoms with Gasteiger partial charge in [0.15, 0.2) is 0 Å². The molecule has 0 saturated heterocycles. The number of aromatic nitrogens is 2. The van der Waals surface area contributed by atoms with Crippen molar-refractivity contribution in [3.05, 3.63) is 89.8 Å². The minimum Gasteiger partial charge on any atom is -0.489 e. The van der Waals surface area contributed by atoms with Gasteiger partial charge in [-0.3, -0.25) is 9.48 Å². The maximum atomic E-state index is 12.1. The van der Waals surface area contributed by atoms with Gasteiger partial charge < -0.3 is 4.74 Å². The lowest BCUT2D eigenvalue weighted by molar-refractivity contribution is 0.103. The third-order valence-electron chi connectivity index (χ3n) is 3.63. The predicted molar refractivity (Wildman–Crippen MR) is 93.8 cm³/mol. The van der Waals surface area contributed by atoms with Crippen LogP contribution in [0.25, 0.3) is 6.08 Å². The Bertz CT molecular complexity index is 834. The Kier molecular flexibility index (Phi) is 4.87. The molecule has 120 valence electrons. The number of aryl methyl sites for hydroxylation is 1. The van der Waals surface area contributed by atoms with E-state index in [9.17, 15) is 4.79 Å². The fourth-order valence-electron chi connectivity index (χ4n) is 2.29. The molecule has 24 heavy (non-hydrogen) atoms. The van der Waals surface area contributed by atoms with Crippen LogP contribution in [0.2, 0.25) is 0 Å². The van der Waals surface area contributed by atoms with Crippen molar-refractivity contribution < 1.29 is 9.53 Å². The summed E-state index contributed by atoms with van der Waals surface area (Å²) < 4.78 is 7.31. The molecule has 2 aromatic carbocycles. The molecule has 0 aliphatic carbocycles. The van der Waals surface area contributed by atoms with Gasteiger partial charge in [0, 0.05) is 13.2 Å². The van der Waals surface area contributed by atoms with Crippen LogP contribution in [0, 0.1) is 0 Å². The SMILES string of the molecule is Cn1nccc1C(=O)/C=C/c1ccc(OCc2ccccc2)cc1. The van der Waals surface area contributed by atoms with Crippen LogP contribution < -0.4 is 4.74 Å². The number of nitrogens with zero attached hydrogens (tertiary/aromatic N) is 2. The molecule has 0 aliphatic rings. The molecule has 3 aromatic rings. The fourth-order valence-corrected chi connectivity index (χ4v) is 2.29.